The third-order valence-corrected chi connectivity index (χ3v) is 4.69. The highest BCUT2D eigenvalue weighted by Crippen LogP contribution is 2.37. The quantitative estimate of drug-likeness (QED) is 0.271. The van der Waals surface area contributed by atoms with Crippen LogP contribution in [0.3, 0.4) is 0 Å². The van der Waals surface area contributed by atoms with Gasteiger partial charge < -0.3 is 20.9 Å². The van der Waals surface area contributed by atoms with Crippen LogP contribution in [0.5, 0.6) is 5.88 Å². The maximum atomic E-state index is 14.0. The number of ether oxygens (including phenoxy) is 1. The van der Waals surface area contributed by atoms with Crippen molar-refractivity contribution in [2.45, 2.75) is 6.54 Å². The van der Waals surface area contributed by atoms with Crippen molar-refractivity contribution in [1.82, 2.24) is 19.5 Å². The molecule has 32 heavy (non-hydrogen) atoms. The van der Waals surface area contributed by atoms with Crippen molar-refractivity contribution in [3.05, 3.63) is 60.7 Å². The number of pyridine rings is 1. The molecule has 0 amide bonds. The molecule has 4 aromatic rings. The van der Waals surface area contributed by atoms with E-state index in [1.807, 2.05) is 0 Å². The van der Waals surface area contributed by atoms with Gasteiger partial charge in [-0.1, -0.05) is 12.1 Å². The molecule has 0 aliphatic carbocycles. The number of hydrazone groups is 1. The van der Waals surface area contributed by atoms with Crippen molar-refractivity contribution in [2.75, 3.05) is 12.8 Å². The van der Waals surface area contributed by atoms with E-state index in [1.165, 1.54) is 37.9 Å². The predicted octanol–water partition coefficient (Wildman–Crippen LogP) is 3.08. The number of aliphatic imine (C=N–C) groups is 1. The number of rotatable bonds is 6. The molecule has 0 radical (unpaired) electrons. The van der Waals surface area contributed by atoms with Crippen LogP contribution >= 0.6 is 0 Å². The first-order valence-corrected chi connectivity index (χ1v) is 9.36. The van der Waals surface area contributed by atoms with Crippen molar-refractivity contribution >= 4 is 34.5 Å². The number of aromatic nitrogens is 4. The number of nitrogens with two attached hydrogens (primary N) is 2. The monoisotopic (exact) mass is 436 g/mol. The van der Waals surface area contributed by atoms with Crippen LogP contribution in [-0.4, -0.2) is 38.6 Å². The highest BCUT2D eigenvalue weighted by molar-refractivity contribution is 6.31. The Bertz CT molecular complexity index is 1350. The van der Waals surface area contributed by atoms with E-state index < -0.39 is 11.6 Å². The van der Waals surface area contributed by atoms with E-state index in [2.05, 4.69) is 25.0 Å². The van der Waals surface area contributed by atoms with Crippen LogP contribution in [0, 0.1) is 11.6 Å². The van der Waals surface area contributed by atoms with Crippen molar-refractivity contribution in [2.24, 2.45) is 15.9 Å². The number of nitrogens with zero attached hydrogens (tertiary/aromatic N) is 6. The zero-order valence-corrected chi connectivity index (χ0v) is 16.9. The Morgan fingerprint density at radius 3 is 2.75 bits per heavy atom. The Morgan fingerprint density at radius 2 is 2.00 bits per heavy atom. The number of hydrogen-bond donors (Lipinski definition) is 2. The zero-order valence-electron chi connectivity index (χ0n) is 16.9. The minimum atomic E-state index is -0.543. The maximum Gasteiger partial charge on any atom is 0.221 e. The molecule has 3 aromatic heterocycles. The van der Waals surface area contributed by atoms with Crippen molar-refractivity contribution in [3.8, 4) is 17.0 Å². The van der Waals surface area contributed by atoms with Crippen LogP contribution in [0.15, 0.2) is 59.1 Å². The van der Waals surface area contributed by atoms with E-state index in [0.29, 0.717) is 27.9 Å². The molecule has 0 aliphatic rings. The Balaban J connectivity index is 1.78. The Kier molecular flexibility index (Phi) is 5.71. The fourth-order valence-electron chi connectivity index (χ4n) is 3.24. The molecule has 0 spiro atoms. The highest BCUT2D eigenvalue weighted by atomic mass is 19.1. The minimum absolute atomic E-state index is 0.131. The van der Waals surface area contributed by atoms with Gasteiger partial charge >= 0.3 is 0 Å². The van der Waals surface area contributed by atoms with Gasteiger partial charge in [0.15, 0.2) is 0 Å². The number of hydrogen-bond acceptors (Lipinski definition) is 8. The summed E-state index contributed by atoms with van der Waals surface area (Å²) in [6, 6.07) is 7.35. The van der Waals surface area contributed by atoms with Crippen molar-refractivity contribution < 1.29 is 13.5 Å². The van der Waals surface area contributed by atoms with E-state index in [4.69, 9.17) is 16.3 Å². The molecule has 0 fully saturated rings. The van der Waals surface area contributed by atoms with E-state index >= 15 is 0 Å². The van der Waals surface area contributed by atoms with E-state index in [1.54, 1.807) is 22.9 Å². The van der Waals surface area contributed by atoms with Gasteiger partial charge in [-0.15, -0.1) is 0 Å². The standard InChI is InChI=1S/C21H18F2N8O/c1-32-21-14(6-12(22)7-27-21)15-10-31(20-18(15)19(24)28-11-29-20)9-13(30-25)8-26-17-5-3-2-4-16(17)23/h2-8,10-11H,9,25H2,1H3,(H2,24,28,29). The van der Waals surface area contributed by atoms with Gasteiger partial charge in [0.1, 0.15) is 29.4 Å². The number of para-hydroxylation sites is 1. The topological polar surface area (TPSA) is 130 Å². The minimum Gasteiger partial charge on any atom is -0.481 e. The number of fused-ring (bicyclic) bond motifs is 1. The van der Waals surface area contributed by atoms with Gasteiger partial charge in [-0.25, -0.2) is 23.7 Å². The molecule has 162 valence electrons. The van der Waals surface area contributed by atoms with Crippen LogP contribution in [0.1, 0.15) is 0 Å². The van der Waals surface area contributed by atoms with Gasteiger partial charge in [0.2, 0.25) is 5.88 Å². The summed E-state index contributed by atoms with van der Waals surface area (Å²) < 4.78 is 34.8. The third-order valence-electron chi connectivity index (χ3n) is 4.69. The third kappa shape index (κ3) is 3.95. The summed E-state index contributed by atoms with van der Waals surface area (Å²) >= 11 is 0. The van der Waals surface area contributed by atoms with Crippen LogP contribution < -0.4 is 16.3 Å². The normalized spacial score (nSPS) is 12.0. The molecule has 1 aromatic carbocycles. The van der Waals surface area contributed by atoms with Crippen LogP contribution in [0.2, 0.25) is 0 Å². The second kappa shape index (κ2) is 8.76. The van der Waals surface area contributed by atoms with Crippen LogP contribution in [-0.2, 0) is 6.54 Å². The second-order valence-electron chi connectivity index (χ2n) is 6.67. The Hall–Kier alpha value is -4.41. The lowest BCUT2D eigenvalue weighted by atomic mass is 10.1. The maximum absolute atomic E-state index is 14.0. The summed E-state index contributed by atoms with van der Waals surface area (Å²) in [6.45, 7) is 0.131. The molecule has 4 N–H and O–H groups in total. The zero-order chi connectivity index (χ0) is 22.7. The SMILES string of the molecule is COc1ncc(F)cc1-c1cn(CC(C=Nc2ccccc2F)=NN)c2ncnc(N)c12. The number of benzene rings is 1. The van der Waals surface area contributed by atoms with E-state index in [0.717, 1.165) is 6.20 Å². The predicted molar refractivity (Wildman–Crippen MR) is 118 cm³/mol. The Labute approximate surface area is 181 Å². The summed E-state index contributed by atoms with van der Waals surface area (Å²) in [5.41, 5.74) is 7.94. The summed E-state index contributed by atoms with van der Waals surface area (Å²) in [5, 5.41) is 4.23. The van der Waals surface area contributed by atoms with Crippen molar-refractivity contribution in [1.29, 1.82) is 0 Å². The summed E-state index contributed by atoms with van der Waals surface area (Å²) in [5.74, 6) is 4.92. The van der Waals surface area contributed by atoms with Crippen LogP contribution in [0.25, 0.3) is 22.2 Å². The molecular formula is C21H18F2N8O. The summed E-state index contributed by atoms with van der Waals surface area (Å²) in [7, 11) is 1.43. The molecule has 0 saturated carbocycles. The highest BCUT2D eigenvalue weighted by Gasteiger charge is 2.20. The van der Waals surface area contributed by atoms with Crippen LogP contribution in [0.4, 0.5) is 20.3 Å². The molecule has 0 unspecified atom stereocenters. The molecule has 4 rings (SSSR count). The van der Waals surface area contributed by atoms with Gasteiger partial charge in [-0.3, -0.25) is 4.99 Å². The molecule has 11 heteroatoms. The number of anilines is 1. The van der Waals surface area contributed by atoms with Gasteiger partial charge in [0, 0.05) is 17.3 Å². The van der Waals surface area contributed by atoms with Crippen molar-refractivity contribution in [3.63, 3.8) is 0 Å². The Morgan fingerprint density at radius 1 is 1.19 bits per heavy atom. The van der Waals surface area contributed by atoms with Gasteiger partial charge in [-0.2, -0.15) is 5.10 Å². The van der Waals surface area contributed by atoms with Gasteiger partial charge in [-0.05, 0) is 18.2 Å². The average molecular weight is 436 g/mol. The number of methoxy groups -OCH3 is 1. The molecule has 0 aliphatic heterocycles. The summed E-state index contributed by atoms with van der Waals surface area (Å²) in [4.78, 5) is 16.4. The number of halogens is 2. The van der Waals surface area contributed by atoms with Gasteiger partial charge in [0.25, 0.3) is 0 Å². The first kappa shape index (κ1) is 20.8. The first-order chi connectivity index (χ1) is 15.5. The van der Waals surface area contributed by atoms with E-state index in [9.17, 15) is 8.78 Å². The summed E-state index contributed by atoms with van der Waals surface area (Å²) in [6.07, 6.45) is 5.42. The molecule has 9 nitrogen and oxygen atoms in total. The fourth-order valence-corrected chi connectivity index (χ4v) is 3.24. The molecule has 0 bridgehead atoms. The smallest absolute Gasteiger partial charge is 0.221 e. The second-order valence-corrected chi connectivity index (χ2v) is 6.67. The number of nitrogen functional groups attached to an aromatic ring is 1. The van der Waals surface area contributed by atoms with E-state index in [-0.39, 0.29) is 23.9 Å². The lowest BCUT2D eigenvalue weighted by Crippen LogP contribution is -2.13. The molecule has 3 heterocycles. The largest absolute Gasteiger partial charge is 0.481 e. The fraction of sp³-hybridized carbons (Fsp3) is 0.0952. The lowest BCUT2D eigenvalue weighted by molar-refractivity contribution is 0.398. The molecular weight excluding hydrogens is 418 g/mol. The lowest BCUT2D eigenvalue weighted by Gasteiger charge is -2.06. The van der Waals surface area contributed by atoms with Gasteiger partial charge in [0.05, 0.1) is 42.9 Å². The first-order valence-electron chi connectivity index (χ1n) is 9.36. The average Bonchev–Trinajstić information content (AvgIpc) is 3.17. The molecule has 0 saturated heterocycles. The molecule has 0 atom stereocenters.